The quantitative estimate of drug-likeness (QED) is 0.875. The predicted octanol–water partition coefficient (Wildman–Crippen LogP) is 3.80. The summed E-state index contributed by atoms with van der Waals surface area (Å²) in [4.78, 5) is 19.6. The monoisotopic (exact) mass is 294 g/mol. The van der Waals surface area contributed by atoms with Crippen molar-refractivity contribution in [2.45, 2.75) is 20.8 Å². The molecule has 90 valence electrons. The van der Waals surface area contributed by atoms with Gasteiger partial charge in [0.25, 0.3) is 0 Å². The molecule has 2 heterocycles. The summed E-state index contributed by atoms with van der Waals surface area (Å²) in [6, 6.07) is 1.93. The van der Waals surface area contributed by atoms with Gasteiger partial charge in [-0.1, -0.05) is 20.8 Å². The Bertz CT molecular complexity index is 560. The van der Waals surface area contributed by atoms with Gasteiger partial charge in [-0.2, -0.15) is 0 Å². The number of halogens is 1. The molecule has 2 rings (SSSR count). The number of aromatic nitrogens is 2. The van der Waals surface area contributed by atoms with Crippen LogP contribution in [-0.2, 0) is 0 Å². The van der Waals surface area contributed by atoms with Gasteiger partial charge >= 0.3 is 0 Å². The highest BCUT2D eigenvalue weighted by molar-refractivity contribution is 9.10. The number of ketones is 1. The normalized spacial score (nSPS) is 13.2. The number of carbonyl (C=O) groups excluding carboxylic acids is 1. The average molecular weight is 295 g/mol. The van der Waals surface area contributed by atoms with E-state index in [0.29, 0.717) is 5.92 Å². The van der Waals surface area contributed by atoms with Crippen LogP contribution in [0.2, 0.25) is 0 Å². The third-order valence-electron chi connectivity index (χ3n) is 3.18. The van der Waals surface area contributed by atoms with E-state index in [4.69, 9.17) is 0 Å². The summed E-state index contributed by atoms with van der Waals surface area (Å²) in [6.07, 6.45) is 3.48. The van der Waals surface area contributed by atoms with Crippen molar-refractivity contribution in [2.24, 2.45) is 11.8 Å². The first-order valence-electron chi connectivity index (χ1n) is 5.67. The topological polar surface area (TPSA) is 45.8 Å². The number of Topliss-reactive ketones (excluding diaryl/α,β-unsaturated/α-hetero) is 1. The fourth-order valence-electron chi connectivity index (χ4n) is 1.73. The van der Waals surface area contributed by atoms with Crippen LogP contribution in [-0.4, -0.2) is 15.8 Å². The van der Waals surface area contributed by atoms with E-state index in [1.54, 1.807) is 12.4 Å². The molecule has 17 heavy (non-hydrogen) atoms. The number of nitrogens with zero attached hydrogens (tertiary/aromatic N) is 1. The Morgan fingerprint density at radius 1 is 1.41 bits per heavy atom. The van der Waals surface area contributed by atoms with E-state index in [1.807, 2.05) is 13.0 Å². The van der Waals surface area contributed by atoms with Crippen LogP contribution in [0.15, 0.2) is 22.9 Å². The molecule has 0 bridgehead atoms. The maximum Gasteiger partial charge on any atom is 0.168 e. The summed E-state index contributed by atoms with van der Waals surface area (Å²) < 4.78 is 0.885. The number of carbonyl (C=O) groups is 1. The number of pyridine rings is 1. The second kappa shape index (κ2) is 4.61. The summed E-state index contributed by atoms with van der Waals surface area (Å²) in [6.45, 7) is 6.09. The highest BCUT2D eigenvalue weighted by Crippen LogP contribution is 2.25. The molecule has 0 aliphatic heterocycles. The number of H-pyrrole nitrogens is 1. The lowest BCUT2D eigenvalue weighted by atomic mass is 9.90. The minimum Gasteiger partial charge on any atom is -0.345 e. The number of hydrogen-bond donors (Lipinski definition) is 1. The maximum absolute atomic E-state index is 12.3. The summed E-state index contributed by atoms with van der Waals surface area (Å²) >= 11 is 3.38. The number of fused-ring (bicyclic) bond motifs is 1. The highest BCUT2D eigenvalue weighted by Gasteiger charge is 2.21. The fourth-order valence-corrected chi connectivity index (χ4v) is 2.06. The third-order valence-corrected chi connectivity index (χ3v) is 3.61. The summed E-state index contributed by atoms with van der Waals surface area (Å²) in [5.41, 5.74) is 1.49. The highest BCUT2D eigenvalue weighted by atomic mass is 79.9. The second-order valence-electron chi connectivity index (χ2n) is 4.65. The Hall–Kier alpha value is -1.16. The fraction of sp³-hybridized carbons (Fsp3) is 0.385. The average Bonchev–Trinajstić information content (AvgIpc) is 2.69. The lowest BCUT2D eigenvalue weighted by Crippen LogP contribution is -2.16. The van der Waals surface area contributed by atoms with Crippen LogP contribution in [0.3, 0.4) is 0 Å². The largest absolute Gasteiger partial charge is 0.345 e. The van der Waals surface area contributed by atoms with Gasteiger partial charge in [-0.05, 0) is 27.9 Å². The van der Waals surface area contributed by atoms with Gasteiger partial charge < -0.3 is 4.98 Å². The summed E-state index contributed by atoms with van der Waals surface area (Å²) in [5.74, 6) is 0.534. The van der Waals surface area contributed by atoms with E-state index in [2.05, 4.69) is 39.7 Å². The zero-order valence-corrected chi connectivity index (χ0v) is 11.7. The number of nitrogens with one attached hydrogen (secondary N) is 1. The number of aromatic amines is 1. The Kier molecular flexibility index (Phi) is 3.33. The molecule has 2 aromatic rings. The van der Waals surface area contributed by atoms with Crippen molar-refractivity contribution in [1.29, 1.82) is 0 Å². The van der Waals surface area contributed by atoms with Crippen LogP contribution in [0.5, 0.6) is 0 Å². The van der Waals surface area contributed by atoms with Crippen molar-refractivity contribution in [1.82, 2.24) is 9.97 Å². The van der Waals surface area contributed by atoms with Gasteiger partial charge in [0.15, 0.2) is 5.78 Å². The molecule has 0 amide bonds. The maximum atomic E-state index is 12.3. The molecule has 1 N–H and O–H groups in total. The molecule has 0 saturated carbocycles. The summed E-state index contributed by atoms with van der Waals surface area (Å²) in [7, 11) is 0. The van der Waals surface area contributed by atoms with E-state index in [-0.39, 0.29) is 11.7 Å². The minimum absolute atomic E-state index is 0.0213. The standard InChI is InChI=1S/C13H15BrN2O/c1-7(2)8(3)12(17)11-6-16-13-10(11)4-9(14)5-15-13/h4-8H,1-3H3,(H,15,16). The van der Waals surface area contributed by atoms with Crippen LogP contribution in [0.25, 0.3) is 11.0 Å². The lowest BCUT2D eigenvalue weighted by molar-refractivity contribution is 0.0901. The number of rotatable bonds is 3. The SMILES string of the molecule is CC(C)C(C)C(=O)c1c[nH]c2ncc(Br)cc12. The van der Waals surface area contributed by atoms with E-state index < -0.39 is 0 Å². The van der Waals surface area contributed by atoms with Crippen LogP contribution in [0, 0.1) is 11.8 Å². The molecule has 0 spiro atoms. The van der Waals surface area contributed by atoms with Gasteiger partial charge in [-0.25, -0.2) is 4.98 Å². The van der Waals surface area contributed by atoms with Crippen LogP contribution >= 0.6 is 15.9 Å². The van der Waals surface area contributed by atoms with E-state index in [9.17, 15) is 4.79 Å². The molecule has 1 unspecified atom stereocenters. The molecule has 0 aromatic carbocycles. The molecule has 2 aromatic heterocycles. The zero-order valence-electron chi connectivity index (χ0n) is 10.1. The van der Waals surface area contributed by atoms with E-state index in [0.717, 1.165) is 21.1 Å². The second-order valence-corrected chi connectivity index (χ2v) is 5.56. The Morgan fingerprint density at radius 2 is 2.12 bits per heavy atom. The van der Waals surface area contributed by atoms with Gasteiger partial charge in [-0.3, -0.25) is 4.79 Å². The molecule has 4 heteroatoms. The lowest BCUT2D eigenvalue weighted by Gasteiger charge is -2.13. The van der Waals surface area contributed by atoms with Crippen LogP contribution < -0.4 is 0 Å². The Balaban J connectivity index is 2.49. The first-order chi connectivity index (χ1) is 8.00. The number of hydrogen-bond acceptors (Lipinski definition) is 2. The Morgan fingerprint density at radius 3 is 2.76 bits per heavy atom. The van der Waals surface area contributed by atoms with Crippen molar-refractivity contribution >= 4 is 32.7 Å². The molecule has 1 atom stereocenters. The molecule has 0 aliphatic carbocycles. The molecular formula is C13H15BrN2O. The molecular weight excluding hydrogens is 280 g/mol. The summed E-state index contributed by atoms with van der Waals surface area (Å²) in [5, 5.41) is 0.886. The molecule has 3 nitrogen and oxygen atoms in total. The van der Waals surface area contributed by atoms with Gasteiger partial charge in [0.05, 0.1) is 0 Å². The molecule has 0 radical (unpaired) electrons. The van der Waals surface area contributed by atoms with Crippen molar-refractivity contribution in [3.05, 3.63) is 28.5 Å². The Labute approximate surface area is 109 Å². The minimum atomic E-state index is 0.0213. The van der Waals surface area contributed by atoms with E-state index in [1.165, 1.54) is 0 Å². The third kappa shape index (κ3) is 2.27. The van der Waals surface area contributed by atoms with Crippen LogP contribution in [0.1, 0.15) is 31.1 Å². The van der Waals surface area contributed by atoms with Gasteiger partial charge in [0.1, 0.15) is 5.65 Å². The van der Waals surface area contributed by atoms with Crippen molar-refractivity contribution in [2.75, 3.05) is 0 Å². The van der Waals surface area contributed by atoms with Crippen molar-refractivity contribution < 1.29 is 4.79 Å². The first kappa shape index (κ1) is 12.3. The molecule has 0 fully saturated rings. The van der Waals surface area contributed by atoms with Gasteiger partial charge in [-0.15, -0.1) is 0 Å². The van der Waals surface area contributed by atoms with Gasteiger partial charge in [0.2, 0.25) is 0 Å². The zero-order chi connectivity index (χ0) is 12.6. The first-order valence-corrected chi connectivity index (χ1v) is 6.47. The molecule has 0 saturated heterocycles. The van der Waals surface area contributed by atoms with Gasteiger partial charge in [0, 0.05) is 33.7 Å². The van der Waals surface area contributed by atoms with Crippen molar-refractivity contribution in [3.8, 4) is 0 Å². The van der Waals surface area contributed by atoms with Crippen LogP contribution in [0.4, 0.5) is 0 Å². The predicted molar refractivity (Wildman–Crippen MR) is 72.1 cm³/mol. The van der Waals surface area contributed by atoms with E-state index >= 15 is 0 Å². The smallest absolute Gasteiger partial charge is 0.168 e. The van der Waals surface area contributed by atoms with Crippen molar-refractivity contribution in [3.63, 3.8) is 0 Å². The molecule has 0 aliphatic rings.